The van der Waals surface area contributed by atoms with E-state index in [1.54, 1.807) is 30.3 Å². The largest absolute Gasteiger partial charge is 0.387 e. The van der Waals surface area contributed by atoms with Gasteiger partial charge >= 0.3 is 0 Å². The molecule has 2 aromatic rings. The summed E-state index contributed by atoms with van der Waals surface area (Å²) in [5.41, 5.74) is 0.378. The molecule has 0 fully saturated rings. The molecule has 38 heavy (non-hydrogen) atoms. The molecule has 0 bridgehead atoms. The molecule has 2 atom stereocenters. The minimum Gasteiger partial charge on any atom is -0.387 e. The summed E-state index contributed by atoms with van der Waals surface area (Å²) >= 11 is 0. The van der Waals surface area contributed by atoms with Crippen molar-refractivity contribution in [2.24, 2.45) is 0 Å². The maximum Gasteiger partial charge on any atom is 0.293 e. The van der Waals surface area contributed by atoms with Crippen LogP contribution in [0.1, 0.15) is 23.7 Å². The summed E-state index contributed by atoms with van der Waals surface area (Å²) in [6.07, 6.45) is 0.163. The number of aliphatic hydroxyl groups excluding tert-OH is 1. The Morgan fingerprint density at radius 1 is 1.03 bits per heavy atom. The second-order valence-electron chi connectivity index (χ2n) is 8.51. The fraction of sp³-hybridized carbons (Fsp3) is 0.269. The zero-order chi connectivity index (χ0) is 27.8. The highest BCUT2D eigenvalue weighted by Crippen LogP contribution is 2.32. The summed E-state index contributed by atoms with van der Waals surface area (Å²) in [6, 6.07) is 11.2. The lowest BCUT2D eigenvalue weighted by atomic mass is 10.1. The number of ketones is 2. The van der Waals surface area contributed by atoms with Gasteiger partial charge in [-0.1, -0.05) is 42.5 Å². The Hall–Kier alpha value is -4.71. The lowest BCUT2D eigenvalue weighted by Gasteiger charge is -2.25. The molecule has 0 aromatic heterocycles. The summed E-state index contributed by atoms with van der Waals surface area (Å²) in [5, 5.41) is 14.2. The molecular weight excluding hydrogens is 496 g/mol. The fourth-order valence-corrected chi connectivity index (χ4v) is 3.96. The second-order valence-corrected chi connectivity index (χ2v) is 8.51. The first-order valence-electron chi connectivity index (χ1n) is 11.6. The number of para-hydroxylation sites is 2. The van der Waals surface area contributed by atoms with Crippen LogP contribution < -0.4 is 20.4 Å². The smallest absolute Gasteiger partial charge is 0.293 e. The predicted octanol–water partition coefficient (Wildman–Crippen LogP) is -0.611. The Morgan fingerprint density at radius 2 is 1.66 bits per heavy atom. The van der Waals surface area contributed by atoms with Gasteiger partial charge in [-0.05, 0) is 19.1 Å². The van der Waals surface area contributed by atoms with E-state index >= 15 is 0 Å². The van der Waals surface area contributed by atoms with E-state index in [9.17, 15) is 38.7 Å². The summed E-state index contributed by atoms with van der Waals surface area (Å²) in [5.74, 6) is -4.73. The maximum atomic E-state index is 13.6. The lowest BCUT2D eigenvalue weighted by molar-refractivity contribution is -0.128. The molecule has 0 spiro atoms. The van der Waals surface area contributed by atoms with Crippen LogP contribution in [0, 0.1) is 0 Å². The zero-order valence-electron chi connectivity index (χ0n) is 20.5. The number of aldehydes is 1. The molecule has 0 saturated heterocycles. The number of Topliss-reactive ketones (excluding diaryl/α,β-unsaturated/α-hetero) is 2. The van der Waals surface area contributed by atoms with E-state index in [-0.39, 0.29) is 29.1 Å². The van der Waals surface area contributed by atoms with Crippen LogP contribution in [0.25, 0.3) is 0 Å². The molecule has 12 heteroatoms. The van der Waals surface area contributed by atoms with Crippen LogP contribution in [-0.2, 0) is 28.8 Å². The Labute approximate surface area is 217 Å². The number of amides is 4. The average molecular weight is 523 g/mol. The quantitative estimate of drug-likeness (QED) is 0.211. The number of benzene rings is 2. The number of rotatable bonds is 10. The topological polar surface area (TPSA) is 170 Å². The van der Waals surface area contributed by atoms with Gasteiger partial charge in [0, 0.05) is 12.0 Å². The summed E-state index contributed by atoms with van der Waals surface area (Å²) in [4.78, 5) is 89.2. The number of hydrogen-bond acceptors (Lipinski definition) is 8. The van der Waals surface area contributed by atoms with Gasteiger partial charge in [0.2, 0.25) is 11.7 Å². The molecule has 0 radical (unpaired) electrons. The van der Waals surface area contributed by atoms with Crippen molar-refractivity contribution in [2.45, 2.75) is 25.4 Å². The van der Waals surface area contributed by atoms with Crippen LogP contribution in [-0.4, -0.2) is 78.4 Å². The number of carbonyl (C=O) groups is 7. The van der Waals surface area contributed by atoms with Crippen molar-refractivity contribution in [3.05, 3.63) is 60.2 Å². The number of nitrogens with zero attached hydrogens (tertiary/aromatic N) is 2. The van der Waals surface area contributed by atoms with Gasteiger partial charge in [0.15, 0.2) is 0 Å². The summed E-state index contributed by atoms with van der Waals surface area (Å²) < 4.78 is 0. The van der Waals surface area contributed by atoms with Crippen molar-refractivity contribution in [1.82, 2.24) is 10.6 Å². The molecule has 0 saturated carbocycles. The molecule has 2 unspecified atom stereocenters. The number of carbonyl (C=O) groups excluding carboxylic acids is 7. The van der Waals surface area contributed by atoms with E-state index in [1.807, 2.05) is 0 Å². The number of aliphatic hydroxyl groups is 1. The van der Waals surface area contributed by atoms with Gasteiger partial charge in [0.05, 0.1) is 24.0 Å². The molecule has 3 rings (SSSR count). The number of hydrogen-bond donors (Lipinski definition) is 3. The lowest BCUT2D eigenvalue weighted by Crippen LogP contribution is -2.56. The number of nitrogens with one attached hydrogen (secondary N) is 2. The van der Waals surface area contributed by atoms with Crippen molar-refractivity contribution >= 4 is 52.9 Å². The second kappa shape index (κ2) is 12.5. The van der Waals surface area contributed by atoms with Gasteiger partial charge in [-0.25, -0.2) is 0 Å². The Balaban J connectivity index is 1.95. The van der Waals surface area contributed by atoms with Crippen molar-refractivity contribution in [3.63, 3.8) is 0 Å². The van der Waals surface area contributed by atoms with Crippen molar-refractivity contribution < 1.29 is 38.7 Å². The Kier molecular flexibility index (Phi) is 9.17. The highest BCUT2D eigenvalue weighted by molar-refractivity contribution is 6.43. The van der Waals surface area contributed by atoms with E-state index in [4.69, 9.17) is 0 Å². The normalized spacial score (nSPS) is 15.5. The minimum absolute atomic E-state index is 0.0826. The average Bonchev–Trinajstić information content (AvgIpc) is 3.02. The number of anilines is 2. The molecule has 1 heterocycles. The third-order valence-electron chi connectivity index (χ3n) is 5.70. The highest BCUT2D eigenvalue weighted by Gasteiger charge is 2.38. The van der Waals surface area contributed by atoms with Gasteiger partial charge in [0.25, 0.3) is 17.7 Å². The first-order valence-corrected chi connectivity index (χ1v) is 11.6. The SMILES string of the molecule is CC(=O)CC(C=O)NC(=O)CN1C(=O)C(NC(=O)C(=O)c2ccccc2)CN(C(=O)CO)c2ccccc21. The molecule has 4 amide bonds. The molecule has 2 aromatic carbocycles. The fourth-order valence-electron chi connectivity index (χ4n) is 3.96. The van der Waals surface area contributed by atoms with Gasteiger partial charge in [-0.15, -0.1) is 0 Å². The summed E-state index contributed by atoms with van der Waals surface area (Å²) in [7, 11) is 0. The molecular formula is C26H26N4O8. The van der Waals surface area contributed by atoms with E-state index in [1.165, 1.54) is 31.2 Å². The maximum absolute atomic E-state index is 13.6. The van der Waals surface area contributed by atoms with Crippen LogP contribution in [0.4, 0.5) is 11.4 Å². The van der Waals surface area contributed by atoms with Crippen molar-refractivity contribution in [3.8, 4) is 0 Å². The van der Waals surface area contributed by atoms with Crippen molar-refractivity contribution in [2.75, 3.05) is 29.5 Å². The van der Waals surface area contributed by atoms with Gasteiger partial charge in [-0.3, -0.25) is 33.7 Å². The predicted molar refractivity (Wildman–Crippen MR) is 134 cm³/mol. The summed E-state index contributed by atoms with van der Waals surface area (Å²) in [6.45, 7) is -0.701. The van der Waals surface area contributed by atoms with Crippen LogP contribution in [0.2, 0.25) is 0 Å². The van der Waals surface area contributed by atoms with E-state index < -0.39 is 61.2 Å². The molecule has 12 nitrogen and oxygen atoms in total. The van der Waals surface area contributed by atoms with Gasteiger partial charge in [0.1, 0.15) is 31.3 Å². The standard InChI is InChI=1S/C26H26N4O8/c1-16(33)11-18(14-31)27-22(34)13-30-21-10-6-5-9-20(21)29(23(35)15-32)12-19(26(30)38)28-25(37)24(36)17-7-3-2-4-8-17/h2-10,14,18-19,32H,11-13,15H2,1H3,(H,27,34)(H,28,37). The van der Waals surface area contributed by atoms with E-state index in [0.717, 1.165) is 9.80 Å². The molecule has 198 valence electrons. The molecule has 0 aliphatic carbocycles. The van der Waals surface area contributed by atoms with Crippen LogP contribution in [0.3, 0.4) is 0 Å². The van der Waals surface area contributed by atoms with Gasteiger partial charge in [-0.2, -0.15) is 0 Å². The van der Waals surface area contributed by atoms with Crippen LogP contribution in [0.5, 0.6) is 0 Å². The third-order valence-corrected chi connectivity index (χ3v) is 5.70. The zero-order valence-corrected chi connectivity index (χ0v) is 20.5. The minimum atomic E-state index is -1.47. The van der Waals surface area contributed by atoms with Crippen LogP contribution in [0.15, 0.2) is 54.6 Å². The Morgan fingerprint density at radius 3 is 2.26 bits per heavy atom. The van der Waals surface area contributed by atoms with E-state index in [0.29, 0.717) is 6.29 Å². The third kappa shape index (κ3) is 6.53. The highest BCUT2D eigenvalue weighted by atomic mass is 16.3. The monoisotopic (exact) mass is 522 g/mol. The number of fused-ring (bicyclic) bond motifs is 1. The van der Waals surface area contributed by atoms with E-state index in [2.05, 4.69) is 10.6 Å². The Bertz CT molecular complexity index is 1260. The van der Waals surface area contributed by atoms with Gasteiger partial charge < -0.3 is 25.4 Å². The first kappa shape index (κ1) is 27.9. The first-order chi connectivity index (χ1) is 18.2. The molecule has 1 aliphatic rings. The molecule has 1 aliphatic heterocycles. The van der Waals surface area contributed by atoms with Crippen molar-refractivity contribution in [1.29, 1.82) is 0 Å². The molecule has 3 N–H and O–H groups in total. The van der Waals surface area contributed by atoms with Crippen LogP contribution >= 0.6 is 0 Å².